The molecule has 2 heterocycles. The monoisotopic (exact) mass is 415 g/mol. The molecule has 2 aliphatic rings. The Kier molecular flexibility index (Phi) is 5.80. The predicted octanol–water partition coefficient (Wildman–Crippen LogP) is 2.16. The van der Waals surface area contributed by atoms with Crippen molar-refractivity contribution >= 4 is 23.3 Å². The first-order chi connectivity index (χ1) is 14.5. The van der Waals surface area contributed by atoms with E-state index in [1.165, 1.54) is 18.3 Å². The largest absolute Gasteiger partial charge is 0.481 e. The van der Waals surface area contributed by atoms with Crippen LogP contribution in [0.2, 0.25) is 0 Å². The van der Waals surface area contributed by atoms with E-state index < -0.39 is 11.7 Å². The van der Waals surface area contributed by atoms with Crippen LogP contribution in [0.3, 0.4) is 0 Å². The fourth-order valence-corrected chi connectivity index (χ4v) is 3.65. The number of aromatic amines is 1. The van der Waals surface area contributed by atoms with Crippen LogP contribution in [-0.4, -0.2) is 60.4 Å². The third-order valence-corrected chi connectivity index (χ3v) is 5.22. The number of amides is 2. The number of ketones is 1. The number of carbonyl (C=O) groups excluding carboxylic acids is 3. The van der Waals surface area contributed by atoms with Gasteiger partial charge in [0.25, 0.3) is 11.8 Å². The molecule has 1 aromatic carbocycles. The minimum atomic E-state index is -0.699. The molecule has 1 saturated heterocycles. The van der Waals surface area contributed by atoms with E-state index in [-0.39, 0.29) is 35.3 Å². The molecule has 2 amide bonds. The van der Waals surface area contributed by atoms with E-state index in [1.54, 1.807) is 4.90 Å². The van der Waals surface area contributed by atoms with Crippen LogP contribution in [0.1, 0.15) is 39.3 Å². The third-order valence-electron chi connectivity index (χ3n) is 5.22. The lowest BCUT2D eigenvalue weighted by atomic mass is 9.93. The number of aromatic nitrogens is 1. The Balaban J connectivity index is 1.39. The zero-order chi connectivity index (χ0) is 21.1. The van der Waals surface area contributed by atoms with Gasteiger partial charge in [-0.25, -0.2) is 4.39 Å². The molecule has 0 radical (unpaired) electrons. The number of Topliss-reactive ketones (excluding diaryl/α,β-unsaturated/α-hetero) is 1. The van der Waals surface area contributed by atoms with Crippen LogP contribution < -0.4 is 10.1 Å². The van der Waals surface area contributed by atoms with E-state index in [0.717, 1.165) is 24.6 Å². The van der Waals surface area contributed by atoms with Crippen LogP contribution in [0.4, 0.5) is 10.1 Å². The molecule has 1 aromatic heterocycles. The van der Waals surface area contributed by atoms with E-state index >= 15 is 0 Å². The fourth-order valence-electron chi connectivity index (χ4n) is 3.65. The minimum Gasteiger partial charge on any atom is -0.481 e. The van der Waals surface area contributed by atoms with Gasteiger partial charge in [0, 0.05) is 43.2 Å². The van der Waals surface area contributed by atoms with Crippen LogP contribution in [0.5, 0.6) is 5.75 Å². The van der Waals surface area contributed by atoms with Crippen molar-refractivity contribution in [2.75, 3.05) is 38.2 Å². The number of H-pyrrole nitrogens is 1. The number of ether oxygens (including phenoxy) is 2. The molecule has 9 heteroatoms. The minimum absolute atomic E-state index is 0.0671. The SMILES string of the molecule is O=C(Nc1ccc(OCC(=O)N2CCOCC2)c(F)c1)c1c[nH]c2c1C(=O)CCC2. The van der Waals surface area contributed by atoms with Gasteiger partial charge >= 0.3 is 0 Å². The van der Waals surface area contributed by atoms with Gasteiger partial charge in [-0.3, -0.25) is 14.4 Å². The Bertz CT molecular complexity index is 981. The second kappa shape index (κ2) is 8.66. The van der Waals surface area contributed by atoms with Gasteiger partial charge in [-0.2, -0.15) is 0 Å². The summed E-state index contributed by atoms with van der Waals surface area (Å²) in [5.41, 5.74) is 1.66. The van der Waals surface area contributed by atoms with Gasteiger partial charge in [0.2, 0.25) is 0 Å². The summed E-state index contributed by atoms with van der Waals surface area (Å²) in [5.74, 6) is -1.57. The number of rotatable bonds is 5. The first-order valence-electron chi connectivity index (χ1n) is 9.85. The molecule has 2 N–H and O–H groups in total. The van der Waals surface area contributed by atoms with Crippen LogP contribution in [0, 0.1) is 5.82 Å². The maximum absolute atomic E-state index is 14.4. The van der Waals surface area contributed by atoms with Gasteiger partial charge in [-0.15, -0.1) is 0 Å². The summed E-state index contributed by atoms with van der Waals surface area (Å²) in [6, 6.07) is 3.96. The molecule has 0 bridgehead atoms. The second-order valence-corrected chi connectivity index (χ2v) is 7.21. The highest BCUT2D eigenvalue weighted by Gasteiger charge is 2.26. The highest BCUT2D eigenvalue weighted by atomic mass is 19.1. The lowest BCUT2D eigenvalue weighted by Crippen LogP contribution is -2.43. The molecule has 158 valence electrons. The van der Waals surface area contributed by atoms with Crippen LogP contribution in [0.15, 0.2) is 24.4 Å². The first-order valence-corrected chi connectivity index (χ1v) is 9.85. The number of nitrogens with one attached hydrogen (secondary N) is 2. The number of carbonyl (C=O) groups is 3. The Hall–Kier alpha value is -3.20. The Morgan fingerprint density at radius 2 is 2.03 bits per heavy atom. The molecule has 0 atom stereocenters. The van der Waals surface area contributed by atoms with Crippen molar-refractivity contribution in [3.63, 3.8) is 0 Å². The lowest BCUT2D eigenvalue weighted by molar-refractivity contribution is -0.137. The van der Waals surface area contributed by atoms with Crippen LogP contribution in [-0.2, 0) is 16.0 Å². The summed E-state index contributed by atoms with van der Waals surface area (Å²) in [4.78, 5) is 41.4. The topological polar surface area (TPSA) is 101 Å². The van der Waals surface area contributed by atoms with Gasteiger partial charge in [-0.1, -0.05) is 0 Å². The molecule has 30 heavy (non-hydrogen) atoms. The summed E-state index contributed by atoms with van der Waals surface area (Å²) in [7, 11) is 0. The van der Waals surface area contributed by atoms with Gasteiger partial charge < -0.3 is 24.7 Å². The van der Waals surface area contributed by atoms with Gasteiger partial charge in [-0.05, 0) is 25.0 Å². The van der Waals surface area contributed by atoms with Gasteiger partial charge in [0.05, 0.1) is 24.3 Å². The maximum atomic E-state index is 14.4. The Morgan fingerprint density at radius 1 is 1.23 bits per heavy atom. The van der Waals surface area contributed by atoms with Gasteiger partial charge in [0.1, 0.15) is 0 Å². The van der Waals surface area contributed by atoms with Crippen molar-refractivity contribution in [2.45, 2.75) is 19.3 Å². The molecular formula is C21H22FN3O5. The number of fused-ring (bicyclic) bond motifs is 1. The third kappa shape index (κ3) is 4.20. The van der Waals surface area contributed by atoms with Crippen LogP contribution in [0.25, 0.3) is 0 Å². The zero-order valence-electron chi connectivity index (χ0n) is 16.3. The van der Waals surface area contributed by atoms with Crippen molar-refractivity contribution in [1.82, 2.24) is 9.88 Å². The number of aryl methyl sites for hydroxylation is 1. The van der Waals surface area contributed by atoms with E-state index in [0.29, 0.717) is 38.3 Å². The van der Waals surface area contributed by atoms with Crippen molar-refractivity contribution in [3.8, 4) is 5.75 Å². The summed E-state index contributed by atoms with van der Waals surface area (Å²) < 4.78 is 24.9. The number of benzene rings is 1. The quantitative estimate of drug-likeness (QED) is 0.780. The van der Waals surface area contributed by atoms with E-state index in [1.807, 2.05) is 0 Å². The first kappa shape index (κ1) is 20.1. The second-order valence-electron chi connectivity index (χ2n) is 7.21. The maximum Gasteiger partial charge on any atom is 0.260 e. The average molecular weight is 415 g/mol. The van der Waals surface area contributed by atoms with E-state index in [2.05, 4.69) is 10.3 Å². The van der Waals surface area contributed by atoms with E-state index in [9.17, 15) is 18.8 Å². The van der Waals surface area contributed by atoms with Crippen molar-refractivity contribution in [1.29, 1.82) is 0 Å². The molecule has 8 nitrogen and oxygen atoms in total. The van der Waals surface area contributed by atoms with Crippen LogP contribution >= 0.6 is 0 Å². The molecule has 4 rings (SSSR count). The number of anilines is 1. The lowest BCUT2D eigenvalue weighted by Gasteiger charge is -2.26. The van der Waals surface area contributed by atoms with Crippen molar-refractivity contribution in [2.24, 2.45) is 0 Å². The zero-order valence-corrected chi connectivity index (χ0v) is 16.3. The summed E-state index contributed by atoms with van der Waals surface area (Å²) >= 11 is 0. The normalized spacial score (nSPS) is 16.2. The summed E-state index contributed by atoms with van der Waals surface area (Å²) in [5, 5.41) is 2.60. The van der Waals surface area contributed by atoms with Crippen molar-refractivity contribution < 1.29 is 28.2 Å². The molecule has 0 spiro atoms. The Labute approximate surface area is 172 Å². The number of hydrogen-bond donors (Lipinski definition) is 2. The highest BCUT2D eigenvalue weighted by molar-refractivity contribution is 6.13. The van der Waals surface area contributed by atoms with Gasteiger partial charge in [0.15, 0.2) is 24.0 Å². The molecule has 1 fully saturated rings. The Morgan fingerprint density at radius 3 is 2.80 bits per heavy atom. The molecule has 1 aliphatic heterocycles. The number of halogens is 1. The molecular weight excluding hydrogens is 393 g/mol. The predicted molar refractivity (Wildman–Crippen MR) is 105 cm³/mol. The standard InChI is InChI=1S/C21H22FN3O5/c22-15-10-13(4-5-18(15)30-12-19(27)25-6-8-29-9-7-25)24-21(28)14-11-23-16-2-1-3-17(26)20(14)16/h4-5,10-11,23H,1-3,6-9,12H2,(H,24,28). The molecule has 0 unspecified atom stereocenters. The molecule has 0 saturated carbocycles. The smallest absolute Gasteiger partial charge is 0.260 e. The van der Waals surface area contributed by atoms with E-state index in [4.69, 9.17) is 9.47 Å². The molecule has 2 aromatic rings. The number of morpholine rings is 1. The summed E-state index contributed by atoms with van der Waals surface area (Å²) in [6.45, 7) is 1.65. The number of hydrogen-bond acceptors (Lipinski definition) is 5. The average Bonchev–Trinajstić information content (AvgIpc) is 3.19. The molecule has 1 aliphatic carbocycles. The highest BCUT2D eigenvalue weighted by Crippen LogP contribution is 2.26. The summed E-state index contributed by atoms with van der Waals surface area (Å²) in [6.07, 6.45) is 3.40. The van der Waals surface area contributed by atoms with Crippen molar-refractivity contribution in [3.05, 3.63) is 47.0 Å². The number of nitrogens with zero attached hydrogens (tertiary/aromatic N) is 1. The fraction of sp³-hybridized carbons (Fsp3) is 0.381.